The van der Waals surface area contributed by atoms with Crippen LogP contribution in [0.15, 0.2) is 29.2 Å². The summed E-state index contributed by atoms with van der Waals surface area (Å²) in [4.78, 5) is -0.139. The molecule has 0 aliphatic rings. The molecule has 0 amide bonds. The molecule has 0 saturated carbocycles. The predicted octanol–water partition coefficient (Wildman–Crippen LogP) is 4.30. The van der Waals surface area contributed by atoms with Crippen LogP contribution in [-0.4, -0.2) is 88.0 Å². The molecular weight excluding hydrogens is 600 g/mol. The van der Waals surface area contributed by atoms with E-state index in [1.165, 1.54) is 133 Å². The fourth-order valence-electron chi connectivity index (χ4n) is 5.17. The zero-order valence-corrected chi connectivity index (χ0v) is 29.9. The highest BCUT2D eigenvalue weighted by Gasteiger charge is 2.15. The SMILES string of the molecule is CCCCCCCCCCCC[N+](C)(C)CCCCCC[N+](C)(C)CCCCO.Cc1ccccc1S(=O)(=O)[O-].[Br-]. The molecule has 0 aromatic heterocycles. The molecule has 41 heavy (non-hydrogen) atoms. The zero-order chi connectivity index (χ0) is 30.3. The number of hydrogen-bond donors (Lipinski definition) is 1. The molecular formula is C33H65BrN2O4S. The maximum absolute atomic E-state index is 10.5. The lowest BCUT2D eigenvalue weighted by molar-refractivity contribution is -0.891. The van der Waals surface area contributed by atoms with Gasteiger partial charge in [0, 0.05) is 6.61 Å². The third kappa shape index (κ3) is 25.7. The number of aliphatic hydroxyl groups is 1. The predicted molar refractivity (Wildman–Crippen MR) is 169 cm³/mol. The summed E-state index contributed by atoms with van der Waals surface area (Å²) in [7, 11) is 5.24. The monoisotopic (exact) mass is 664 g/mol. The smallest absolute Gasteiger partial charge is 0.124 e. The lowest BCUT2D eigenvalue weighted by Gasteiger charge is -2.31. The molecule has 0 aliphatic carbocycles. The number of benzene rings is 1. The Bertz CT molecular complexity index is 847. The van der Waals surface area contributed by atoms with Gasteiger partial charge in [0.05, 0.1) is 59.3 Å². The number of aliphatic hydroxyl groups excluding tert-OH is 1. The normalized spacial score (nSPS) is 12.0. The number of aryl methyl sites for hydroxylation is 1. The molecule has 1 aromatic rings. The first-order valence-electron chi connectivity index (χ1n) is 16.1. The maximum atomic E-state index is 10.5. The lowest BCUT2D eigenvalue weighted by atomic mass is 10.1. The van der Waals surface area contributed by atoms with Gasteiger partial charge in [-0.1, -0.05) is 76.5 Å². The summed E-state index contributed by atoms with van der Waals surface area (Å²) in [6.45, 7) is 9.39. The Labute approximate surface area is 265 Å². The Morgan fingerprint density at radius 1 is 0.634 bits per heavy atom. The highest BCUT2D eigenvalue weighted by atomic mass is 79.9. The third-order valence-electron chi connectivity index (χ3n) is 7.93. The van der Waals surface area contributed by atoms with Crippen molar-refractivity contribution >= 4 is 10.1 Å². The first kappa shape index (κ1) is 42.6. The van der Waals surface area contributed by atoms with Gasteiger partial charge < -0.3 is 35.6 Å². The molecule has 1 rings (SSSR count). The second-order valence-electron chi connectivity index (χ2n) is 13.0. The Morgan fingerprint density at radius 3 is 1.29 bits per heavy atom. The molecule has 0 aliphatic heterocycles. The summed E-state index contributed by atoms with van der Waals surface area (Å²) in [6, 6.07) is 6.10. The molecule has 0 radical (unpaired) electrons. The van der Waals surface area contributed by atoms with E-state index < -0.39 is 10.1 Å². The van der Waals surface area contributed by atoms with Crippen LogP contribution in [0, 0.1) is 6.92 Å². The minimum Gasteiger partial charge on any atom is -1.00 e. The topological polar surface area (TPSA) is 77.4 Å². The minimum absolute atomic E-state index is 0. The highest BCUT2D eigenvalue weighted by molar-refractivity contribution is 7.85. The first-order chi connectivity index (χ1) is 18.8. The summed E-state index contributed by atoms with van der Waals surface area (Å²) in [5.74, 6) is 0. The van der Waals surface area contributed by atoms with E-state index in [0.29, 0.717) is 12.2 Å². The van der Waals surface area contributed by atoms with Crippen molar-refractivity contribution in [3.63, 3.8) is 0 Å². The van der Waals surface area contributed by atoms with E-state index in [-0.39, 0.29) is 21.9 Å². The van der Waals surface area contributed by atoms with Gasteiger partial charge in [0.25, 0.3) is 0 Å². The fourth-order valence-corrected chi connectivity index (χ4v) is 5.88. The molecule has 1 N–H and O–H groups in total. The molecule has 0 unspecified atom stereocenters. The van der Waals surface area contributed by atoms with Crippen LogP contribution < -0.4 is 17.0 Å². The molecule has 0 bridgehead atoms. The standard InChI is InChI=1S/C26H58N2O.C7H8O3S.BrH/c1-6-7-8-9-10-11-12-13-14-17-22-27(2,3)23-18-15-16-19-24-28(4,5)25-20-21-26-29;1-6-4-2-3-5-7(6)11(8,9)10;/h29H,6-26H2,1-5H3;2-5H,1H3,(H,8,9,10);1H/q+2;;/p-2. The van der Waals surface area contributed by atoms with Crippen LogP contribution in [0.3, 0.4) is 0 Å². The van der Waals surface area contributed by atoms with Crippen molar-refractivity contribution in [3.05, 3.63) is 29.8 Å². The lowest BCUT2D eigenvalue weighted by Crippen LogP contribution is -3.00. The van der Waals surface area contributed by atoms with E-state index in [0.717, 1.165) is 17.3 Å². The first-order valence-corrected chi connectivity index (χ1v) is 17.5. The van der Waals surface area contributed by atoms with Gasteiger partial charge in [-0.15, -0.1) is 0 Å². The Hall–Kier alpha value is -0.510. The van der Waals surface area contributed by atoms with Crippen LogP contribution in [0.2, 0.25) is 0 Å². The molecule has 8 heteroatoms. The van der Waals surface area contributed by atoms with E-state index in [9.17, 15) is 13.0 Å². The average molecular weight is 666 g/mol. The molecule has 0 atom stereocenters. The molecule has 1 aromatic carbocycles. The van der Waals surface area contributed by atoms with Crippen molar-refractivity contribution in [2.75, 3.05) is 61.0 Å². The highest BCUT2D eigenvalue weighted by Crippen LogP contribution is 2.14. The number of rotatable bonds is 23. The van der Waals surface area contributed by atoms with Crippen molar-refractivity contribution < 1.29 is 44.0 Å². The molecule has 6 nitrogen and oxygen atoms in total. The van der Waals surface area contributed by atoms with E-state index in [4.69, 9.17) is 5.11 Å². The molecule has 0 fully saturated rings. The maximum Gasteiger partial charge on any atom is 0.124 e. The van der Waals surface area contributed by atoms with Crippen molar-refractivity contribution in [2.45, 2.75) is 121 Å². The van der Waals surface area contributed by atoms with Crippen LogP contribution in [0.1, 0.15) is 115 Å². The van der Waals surface area contributed by atoms with Gasteiger partial charge in [0.15, 0.2) is 0 Å². The Morgan fingerprint density at radius 2 is 0.976 bits per heavy atom. The van der Waals surface area contributed by atoms with Crippen LogP contribution >= 0.6 is 0 Å². The summed E-state index contributed by atoms with van der Waals surface area (Å²) < 4.78 is 33.8. The number of nitrogens with zero attached hydrogens (tertiary/aromatic N) is 2. The molecule has 244 valence electrons. The van der Waals surface area contributed by atoms with Gasteiger partial charge in [0.1, 0.15) is 10.1 Å². The van der Waals surface area contributed by atoms with Crippen molar-refractivity contribution in [1.82, 2.24) is 0 Å². The van der Waals surface area contributed by atoms with Gasteiger partial charge in [-0.3, -0.25) is 0 Å². The second-order valence-corrected chi connectivity index (χ2v) is 14.4. The summed E-state index contributed by atoms with van der Waals surface area (Å²) in [5, 5.41) is 8.93. The summed E-state index contributed by atoms with van der Waals surface area (Å²) in [5.41, 5.74) is 0.488. The minimum atomic E-state index is -4.28. The van der Waals surface area contributed by atoms with Crippen LogP contribution in [0.5, 0.6) is 0 Å². The van der Waals surface area contributed by atoms with E-state index in [2.05, 4.69) is 35.1 Å². The van der Waals surface area contributed by atoms with Gasteiger partial charge in [-0.2, -0.15) is 0 Å². The number of hydrogen-bond acceptors (Lipinski definition) is 4. The van der Waals surface area contributed by atoms with E-state index in [1.54, 1.807) is 19.1 Å². The summed E-state index contributed by atoms with van der Waals surface area (Å²) in [6.07, 6.45) is 21.9. The van der Waals surface area contributed by atoms with Crippen molar-refractivity contribution in [3.8, 4) is 0 Å². The second kappa shape index (κ2) is 24.9. The van der Waals surface area contributed by atoms with Gasteiger partial charge in [-0.25, -0.2) is 8.42 Å². The van der Waals surface area contributed by atoms with Crippen molar-refractivity contribution in [1.29, 1.82) is 0 Å². The molecule has 0 heterocycles. The molecule has 0 spiro atoms. The van der Waals surface area contributed by atoms with E-state index in [1.807, 2.05) is 0 Å². The largest absolute Gasteiger partial charge is 1.00 e. The summed E-state index contributed by atoms with van der Waals surface area (Å²) >= 11 is 0. The Kier molecular flexibility index (Phi) is 25.9. The quantitative estimate of drug-likeness (QED) is 0.108. The third-order valence-corrected chi connectivity index (χ3v) is 8.93. The van der Waals surface area contributed by atoms with Crippen molar-refractivity contribution in [2.24, 2.45) is 0 Å². The van der Waals surface area contributed by atoms with Crippen LogP contribution in [0.25, 0.3) is 0 Å². The van der Waals surface area contributed by atoms with Gasteiger partial charge in [0.2, 0.25) is 0 Å². The van der Waals surface area contributed by atoms with Gasteiger partial charge >= 0.3 is 0 Å². The fraction of sp³-hybridized carbons (Fsp3) is 0.818. The number of quaternary nitrogens is 2. The molecule has 0 saturated heterocycles. The average Bonchev–Trinajstić information content (AvgIpc) is 2.87. The van der Waals surface area contributed by atoms with Crippen LogP contribution in [-0.2, 0) is 10.1 Å². The Balaban J connectivity index is 0. The zero-order valence-electron chi connectivity index (χ0n) is 27.5. The number of unbranched alkanes of at least 4 members (excludes halogenated alkanes) is 13. The van der Waals surface area contributed by atoms with Gasteiger partial charge in [-0.05, 0) is 69.9 Å². The van der Waals surface area contributed by atoms with Crippen LogP contribution in [0.4, 0.5) is 0 Å². The number of halogens is 1. The van der Waals surface area contributed by atoms with E-state index >= 15 is 0 Å².